The minimum atomic E-state index is 0.122. The Balaban J connectivity index is 1.95. The lowest BCUT2D eigenvalue weighted by molar-refractivity contribution is 0.0779. The number of fused-ring (bicyclic) bond motifs is 3. The number of hydrogen-bond acceptors (Lipinski definition) is 1. The van der Waals surface area contributed by atoms with E-state index < -0.39 is 0 Å². The van der Waals surface area contributed by atoms with E-state index in [0.29, 0.717) is 5.92 Å². The highest BCUT2D eigenvalue weighted by molar-refractivity contribution is 5.99. The number of aromatic nitrogens is 1. The first-order valence-electron chi connectivity index (χ1n) is 7.95. The second kappa shape index (κ2) is 5.55. The molecule has 21 heavy (non-hydrogen) atoms. The Morgan fingerprint density at radius 2 is 2.05 bits per heavy atom. The van der Waals surface area contributed by atoms with Crippen LogP contribution in [0.25, 0.3) is 10.9 Å². The second-order valence-corrected chi connectivity index (χ2v) is 6.63. The molecule has 0 unspecified atom stereocenters. The van der Waals surface area contributed by atoms with Crippen LogP contribution in [-0.2, 0) is 12.8 Å². The van der Waals surface area contributed by atoms with Crippen molar-refractivity contribution in [3.05, 3.63) is 35.0 Å². The van der Waals surface area contributed by atoms with E-state index >= 15 is 0 Å². The van der Waals surface area contributed by atoms with Crippen LogP contribution < -0.4 is 0 Å². The van der Waals surface area contributed by atoms with Crippen molar-refractivity contribution in [3.63, 3.8) is 0 Å². The normalized spacial score (nSPS) is 14.5. The topological polar surface area (TPSA) is 36.1 Å². The van der Waals surface area contributed by atoms with Gasteiger partial charge >= 0.3 is 0 Å². The zero-order valence-corrected chi connectivity index (χ0v) is 13.2. The van der Waals surface area contributed by atoms with Crippen LogP contribution in [0.3, 0.4) is 0 Å². The van der Waals surface area contributed by atoms with Gasteiger partial charge in [0.1, 0.15) is 0 Å². The third kappa shape index (κ3) is 2.69. The minimum Gasteiger partial charge on any atom is -0.358 e. The molecule has 1 aliphatic carbocycles. The van der Waals surface area contributed by atoms with Crippen molar-refractivity contribution in [2.75, 3.05) is 13.6 Å². The summed E-state index contributed by atoms with van der Waals surface area (Å²) < 4.78 is 0. The molecule has 0 aliphatic heterocycles. The highest BCUT2D eigenvalue weighted by Gasteiger charge is 2.18. The molecule has 2 aromatic rings. The van der Waals surface area contributed by atoms with Crippen molar-refractivity contribution < 1.29 is 4.79 Å². The van der Waals surface area contributed by atoms with Gasteiger partial charge in [0.05, 0.1) is 0 Å². The number of nitrogens with zero attached hydrogens (tertiary/aromatic N) is 1. The lowest BCUT2D eigenvalue weighted by Gasteiger charge is -2.19. The number of carbonyl (C=O) groups is 1. The molecular formula is C18H24N2O. The second-order valence-electron chi connectivity index (χ2n) is 6.63. The Morgan fingerprint density at radius 1 is 1.29 bits per heavy atom. The van der Waals surface area contributed by atoms with E-state index in [2.05, 4.69) is 31.0 Å². The molecule has 1 aromatic carbocycles. The molecular weight excluding hydrogens is 260 g/mol. The summed E-state index contributed by atoms with van der Waals surface area (Å²) in [6.07, 6.45) is 4.80. The van der Waals surface area contributed by atoms with E-state index in [0.717, 1.165) is 24.9 Å². The van der Waals surface area contributed by atoms with Crippen molar-refractivity contribution in [1.29, 1.82) is 0 Å². The molecule has 0 bridgehead atoms. The van der Waals surface area contributed by atoms with E-state index in [1.54, 1.807) is 0 Å². The first-order chi connectivity index (χ1) is 10.1. The average molecular weight is 284 g/mol. The lowest BCUT2D eigenvalue weighted by atomic mass is 9.95. The molecule has 0 saturated heterocycles. The number of benzene rings is 1. The molecule has 0 radical (unpaired) electrons. The number of aryl methyl sites for hydroxylation is 2. The van der Waals surface area contributed by atoms with Crippen molar-refractivity contribution in [2.24, 2.45) is 5.92 Å². The maximum atomic E-state index is 12.5. The van der Waals surface area contributed by atoms with Gasteiger partial charge < -0.3 is 9.88 Å². The van der Waals surface area contributed by atoms with Crippen molar-refractivity contribution in [3.8, 4) is 0 Å². The van der Waals surface area contributed by atoms with Gasteiger partial charge in [-0.3, -0.25) is 4.79 Å². The molecule has 3 nitrogen and oxygen atoms in total. The number of carbonyl (C=O) groups excluding carboxylic acids is 1. The number of nitrogens with one attached hydrogen (secondary N) is 1. The molecule has 112 valence electrons. The quantitative estimate of drug-likeness (QED) is 0.915. The van der Waals surface area contributed by atoms with E-state index in [1.807, 2.05) is 18.0 Å². The van der Waals surface area contributed by atoms with Crippen LogP contribution >= 0.6 is 0 Å². The molecule has 1 N–H and O–H groups in total. The zero-order chi connectivity index (χ0) is 15.0. The van der Waals surface area contributed by atoms with E-state index in [-0.39, 0.29) is 5.91 Å². The van der Waals surface area contributed by atoms with Gasteiger partial charge in [0.2, 0.25) is 0 Å². The first kappa shape index (κ1) is 14.2. The summed E-state index contributed by atoms with van der Waals surface area (Å²) in [7, 11) is 1.89. The van der Waals surface area contributed by atoms with Gasteiger partial charge in [-0.1, -0.05) is 13.8 Å². The van der Waals surface area contributed by atoms with Gasteiger partial charge in [-0.25, -0.2) is 0 Å². The summed E-state index contributed by atoms with van der Waals surface area (Å²) in [5.74, 6) is 0.610. The Labute approximate surface area is 126 Å². The summed E-state index contributed by atoms with van der Waals surface area (Å²) in [4.78, 5) is 17.9. The number of amides is 1. The van der Waals surface area contributed by atoms with Crippen LogP contribution in [-0.4, -0.2) is 29.4 Å². The van der Waals surface area contributed by atoms with Crippen molar-refractivity contribution >= 4 is 16.8 Å². The average Bonchev–Trinajstić information content (AvgIpc) is 2.83. The van der Waals surface area contributed by atoms with E-state index in [9.17, 15) is 4.79 Å². The van der Waals surface area contributed by atoms with E-state index in [4.69, 9.17) is 0 Å². The molecule has 1 heterocycles. The third-order valence-corrected chi connectivity index (χ3v) is 4.33. The van der Waals surface area contributed by atoms with Crippen molar-refractivity contribution in [2.45, 2.75) is 39.5 Å². The van der Waals surface area contributed by atoms with Gasteiger partial charge in [-0.15, -0.1) is 0 Å². The molecule has 1 aromatic heterocycles. The fourth-order valence-corrected chi connectivity index (χ4v) is 3.39. The van der Waals surface area contributed by atoms with Gasteiger partial charge in [0, 0.05) is 35.8 Å². The Bertz CT molecular complexity index is 669. The summed E-state index contributed by atoms with van der Waals surface area (Å²) >= 11 is 0. The largest absolute Gasteiger partial charge is 0.358 e. The van der Waals surface area contributed by atoms with Gasteiger partial charge in [0.15, 0.2) is 0 Å². The Hall–Kier alpha value is -1.77. The molecule has 0 atom stereocenters. The van der Waals surface area contributed by atoms with Gasteiger partial charge in [-0.05, 0) is 55.4 Å². The summed E-state index contributed by atoms with van der Waals surface area (Å²) in [6.45, 7) is 5.06. The van der Waals surface area contributed by atoms with Crippen LogP contribution in [0.15, 0.2) is 18.2 Å². The van der Waals surface area contributed by atoms with Crippen LogP contribution in [0.5, 0.6) is 0 Å². The van der Waals surface area contributed by atoms with Crippen LogP contribution in [0, 0.1) is 5.92 Å². The molecule has 0 fully saturated rings. The number of H-pyrrole nitrogens is 1. The first-order valence-corrected chi connectivity index (χ1v) is 7.95. The Kier molecular flexibility index (Phi) is 3.75. The SMILES string of the molecule is CC(C)CN(C)C(=O)c1ccc2[nH]c3c(c2c1)CCCC3. The smallest absolute Gasteiger partial charge is 0.253 e. The highest BCUT2D eigenvalue weighted by atomic mass is 16.2. The van der Waals surface area contributed by atoms with Crippen molar-refractivity contribution in [1.82, 2.24) is 9.88 Å². The number of rotatable bonds is 3. The molecule has 0 spiro atoms. The molecule has 1 aliphatic rings. The predicted molar refractivity (Wildman–Crippen MR) is 86.7 cm³/mol. The summed E-state index contributed by atoms with van der Waals surface area (Å²) in [5.41, 5.74) is 4.77. The maximum absolute atomic E-state index is 12.5. The molecule has 1 amide bonds. The van der Waals surface area contributed by atoms with Crippen LogP contribution in [0.4, 0.5) is 0 Å². The lowest BCUT2D eigenvalue weighted by Crippen LogP contribution is -2.30. The fourth-order valence-electron chi connectivity index (χ4n) is 3.39. The van der Waals surface area contributed by atoms with Crippen LogP contribution in [0.2, 0.25) is 0 Å². The van der Waals surface area contributed by atoms with Gasteiger partial charge in [-0.2, -0.15) is 0 Å². The predicted octanol–water partition coefficient (Wildman–Crippen LogP) is 3.77. The summed E-state index contributed by atoms with van der Waals surface area (Å²) in [6, 6.07) is 6.09. The fraction of sp³-hybridized carbons (Fsp3) is 0.500. The minimum absolute atomic E-state index is 0.122. The Morgan fingerprint density at radius 3 is 2.81 bits per heavy atom. The maximum Gasteiger partial charge on any atom is 0.253 e. The third-order valence-electron chi connectivity index (χ3n) is 4.33. The van der Waals surface area contributed by atoms with Gasteiger partial charge in [0.25, 0.3) is 5.91 Å². The van der Waals surface area contributed by atoms with Crippen LogP contribution in [0.1, 0.15) is 48.3 Å². The monoisotopic (exact) mass is 284 g/mol. The highest BCUT2D eigenvalue weighted by Crippen LogP contribution is 2.29. The zero-order valence-electron chi connectivity index (χ0n) is 13.2. The molecule has 3 heteroatoms. The standard InChI is InChI=1S/C18H24N2O/c1-12(2)11-20(3)18(21)13-8-9-17-15(10-13)14-6-4-5-7-16(14)19-17/h8-10,12,19H,4-7,11H2,1-3H3. The molecule has 3 rings (SSSR count). The summed E-state index contributed by atoms with van der Waals surface area (Å²) in [5, 5.41) is 1.24. The number of aromatic amines is 1. The molecule has 0 saturated carbocycles. The number of hydrogen-bond donors (Lipinski definition) is 1. The van der Waals surface area contributed by atoms with E-state index in [1.165, 1.54) is 35.0 Å².